The molecule has 20 heavy (non-hydrogen) atoms. The Labute approximate surface area is 119 Å². The second-order valence-electron chi connectivity index (χ2n) is 5.37. The van der Waals surface area contributed by atoms with E-state index in [1.165, 1.54) is 10.5 Å². The minimum atomic E-state index is -0.868. The summed E-state index contributed by atoms with van der Waals surface area (Å²) >= 11 is 0. The number of carbonyl (C=O) groups excluding carboxylic acids is 2. The molecule has 1 aromatic carbocycles. The highest BCUT2D eigenvalue weighted by Crippen LogP contribution is 2.15. The minimum Gasteiger partial charge on any atom is -0.370 e. The molecule has 1 atom stereocenters. The summed E-state index contributed by atoms with van der Waals surface area (Å²) in [6, 6.07) is 7.24. The molecule has 0 spiro atoms. The number of carbonyl (C=O) groups is 2. The maximum absolute atomic E-state index is 12.0. The van der Waals surface area contributed by atoms with E-state index in [0.717, 1.165) is 5.56 Å². The van der Waals surface area contributed by atoms with Crippen LogP contribution in [0.2, 0.25) is 0 Å². The Hall–Kier alpha value is -1.88. The third-order valence-corrected chi connectivity index (χ3v) is 3.18. The van der Waals surface area contributed by atoms with Crippen molar-refractivity contribution in [3.8, 4) is 0 Å². The molecule has 1 aromatic rings. The lowest BCUT2D eigenvalue weighted by atomic mass is 10.0. The Kier molecular flexibility index (Phi) is 5.70. The van der Waals surface area contributed by atoms with Gasteiger partial charge in [-0.25, -0.2) is 0 Å². The molecule has 5 heteroatoms. The van der Waals surface area contributed by atoms with Crippen LogP contribution in [0.15, 0.2) is 24.3 Å². The zero-order valence-corrected chi connectivity index (χ0v) is 12.3. The van der Waals surface area contributed by atoms with E-state index in [4.69, 9.17) is 11.5 Å². The van der Waals surface area contributed by atoms with Crippen molar-refractivity contribution >= 4 is 11.8 Å². The molecule has 0 aliphatic heterocycles. The van der Waals surface area contributed by atoms with Gasteiger partial charge in [-0.3, -0.25) is 9.59 Å². The standard InChI is InChI=1S/C15H23N3O2/c1-10(2)12-6-4-11(5-7-12)9-18(3)15(20)13(16)8-14(17)19/h4-7,10,13H,8-9,16H2,1-3H3,(H2,17,19). The first-order chi connectivity index (χ1) is 9.31. The van der Waals surface area contributed by atoms with Gasteiger partial charge in [-0.05, 0) is 17.0 Å². The molecule has 0 saturated heterocycles. The van der Waals surface area contributed by atoms with Gasteiger partial charge in [-0.2, -0.15) is 0 Å². The molecule has 0 aliphatic rings. The van der Waals surface area contributed by atoms with Gasteiger partial charge < -0.3 is 16.4 Å². The first kappa shape index (κ1) is 16.2. The maximum atomic E-state index is 12.0. The number of amides is 2. The van der Waals surface area contributed by atoms with E-state index >= 15 is 0 Å². The van der Waals surface area contributed by atoms with Gasteiger partial charge in [0.15, 0.2) is 0 Å². The number of nitrogens with two attached hydrogens (primary N) is 2. The van der Waals surface area contributed by atoms with E-state index in [-0.39, 0.29) is 12.3 Å². The smallest absolute Gasteiger partial charge is 0.240 e. The summed E-state index contributed by atoms with van der Waals surface area (Å²) in [5.74, 6) is -0.371. The quantitative estimate of drug-likeness (QED) is 0.812. The third-order valence-electron chi connectivity index (χ3n) is 3.18. The van der Waals surface area contributed by atoms with Crippen LogP contribution in [0.3, 0.4) is 0 Å². The van der Waals surface area contributed by atoms with Crippen molar-refractivity contribution in [3.63, 3.8) is 0 Å². The minimum absolute atomic E-state index is 0.130. The predicted octanol–water partition coefficient (Wildman–Crippen LogP) is 0.971. The number of likely N-dealkylation sites (N-methyl/N-ethyl adjacent to an activating group) is 1. The van der Waals surface area contributed by atoms with Crippen molar-refractivity contribution in [1.82, 2.24) is 4.90 Å². The lowest BCUT2D eigenvalue weighted by Gasteiger charge is -2.21. The van der Waals surface area contributed by atoms with E-state index in [9.17, 15) is 9.59 Å². The molecule has 0 saturated carbocycles. The molecule has 0 aromatic heterocycles. The van der Waals surface area contributed by atoms with Gasteiger partial charge in [0.05, 0.1) is 12.5 Å². The topological polar surface area (TPSA) is 89.4 Å². The zero-order chi connectivity index (χ0) is 15.3. The van der Waals surface area contributed by atoms with Crippen molar-refractivity contribution < 1.29 is 9.59 Å². The van der Waals surface area contributed by atoms with Crippen LogP contribution in [0.5, 0.6) is 0 Å². The summed E-state index contributed by atoms with van der Waals surface area (Å²) in [4.78, 5) is 24.2. The third kappa shape index (κ3) is 4.66. The Bertz CT molecular complexity index is 469. The van der Waals surface area contributed by atoms with Crippen molar-refractivity contribution in [3.05, 3.63) is 35.4 Å². The van der Waals surface area contributed by atoms with E-state index < -0.39 is 11.9 Å². The zero-order valence-electron chi connectivity index (χ0n) is 12.3. The summed E-state index contributed by atoms with van der Waals surface area (Å²) < 4.78 is 0. The van der Waals surface area contributed by atoms with Crippen LogP contribution in [0.25, 0.3) is 0 Å². The van der Waals surface area contributed by atoms with Gasteiger partial charge in [-0.1, -0.05) is 38.1 Å². The molecule has 0 radical (unpaired) electrons. The molecule has 110 valence electrons. The summed E-state index contributed by atoms with van der Waals surface area (Å²) in [6.45, 7) is 4.73. The highest BCUT2D eigenvalue weighted by Gasteiger charge is 2.19. The molecule has 0 bridgehead atoms. The van der Waals surface area contributed by atoms with Crippen molar-refractivity contribution in [2.75, 3.05) is 7.05 Å². The first-order valence-electron chi connectivity index (χ1n) is 6.69. The number of hydrogen-bond acceptors (Lipinski definition) is 3. The molecule has 2 amide bonds. The normalized spacial score (nSPS) is 12.2. The van der Waals surface area contributed by atoms with Crippen LogP contribution in [0.4, 0.5) is 0 Å². The molecule has 5 nitrogen and oxygen atoms in total. The summed E-state index contributed by atoms with van der Waals surface area (Å²) in [7, 11) is 1.67. The number of hydrogen-bond donors (Lipinski definition) is 2. The van der Waals surface area contributed by atoms with E-state index in [2.05, 4.69) is 26.0 Å². The van der Waals surface area contributed by atoms with Crippen LogP contribution in [0, 0.1) is 0 Å². The number of benzene rings is 1. The molecule has 0 heterocycles. The van der Waals surface area contributed by atoms with E-state index in [0.29, 0.717) is 12.5 Å². The van der Waals surface area contributed by atoms with E-state index in [1.807, 2.05) is 12.1 Å². The highest BCUT2D eigenvalue weighted by atomic mass is 16.2. The number of primary amides is 1. The average Bonchev–Trinajstić information content (AvgIpc) is 2.37. The van der Waals surface area contributed by atoms with Gasteiger partial charge >= 0.3 is 0 Å². The van der Waals surface area contributed by atoms with Gasteiger partial charge in [-0.15, -0.1) is 0 Å². The van der Waals surface area contributed by atoms with Crippen LogP contribution >= 0.6 is 0 Å². The summed E-state index contributed by atoms with van der Waals surface area (Å²) in [5.41, 5.74) is 13.0. The average molecular weight is 277 g/mol. The molecule has 1 unspecified atom stereocenters. The van der Waals surface area contributed by atoms with Crippen LogP contribution in [-0.4, -0.2) is 29.8 Å². The van der Waals surface area contributed by atoms with Crippen molar-refractivity contribution in [1.29, 1.82) is 0 Å². The van der Waals surface area contributed by atoms with Crippen LogP contribution in [0.1, 0.15) is 37.3 Å². The molecule has 4 N–H and O–H groups in total. The van der Waals surface area contributed by atoms with Gasteiger partial charge in [0.1, 0.15) is 0 Å². The predicted molar refractivity (Wildman–Crippen MR) is 78.8 cm³/mol. The molecule has 0 aliphatic carbocycles. The van der Waals surface area contributed by atoms with Crippen LogP contribution < -0.4 is 11.5 Å². The maximum Gasteiger partial charge on any atom is 0.240 e. The lowest BCUT2D eigenvalue weighted by molar-refractivity contribution is -0.133. The van der Waals surface area contributed by atoms with Crippen molar-refractivity contribution in [2.45, 2.75) is 38.8 Å². The Morgan fingerprint density at radius 3 is 2.20 bits per heavy atom. The van der Waals surface area contributed by atoms with Gasteiger partial charge in [0.2, 0.25) is 11.8 Å². The molecular formula is C15H23N3O2. The Morgan fingerprint density at radius 1 is 1.20 bits per heavy atom. The number of nitrogens with zero attached hydrogens (tertiary/aromatic N) is 1. The number of rotatable bonds is 6. The highest BCUT2D eigenvalue weighted by molar-refractivity contribution is 5.87. The fraction of sp³-hybridized carbons (Fsp3) is 0.467. The largest absolute Gasteiger partial charge is 0.370 e. The first-order valence-corrected chi connectivity index (χ1v) is 6.69. The Balaban J connectivity index is 2.63. The molecule has 1 rings (SSSR count). The molecule has 0 fully saturated rings. The SMILES string of the molecule is CC(C)c1ccc(CN(C)C(=O)C(N)CC(N)=O)cc1. The van der Waals surface area contributed by atoms with Gasteiger partial charge in [0.25, 0.3) is 0 Å². The van der Waals surface area contributed by atoms with Crippen molar-refractivity contribution in [2.24, 2.45) is 11.5 Å². The fourth-order valence-electron chi connectivity index (χ4n) is 1.95. The summed E-state index contributed by atoms with van der Waals surface area (Å²) in [6.07, 6.45) is -0.130. The van der Waals surface area contributed by atoms with E-state index in [1.54, 1.807) is 7.05 Å². The van der Waals surface area contributed by atoms with Gasteiger partial charge in [0, 0.05) is 13.6 Å². The van der Waals surface area contributed by atoms with Crippen LogP contribution in [-0.2, 0) is 16.1 Å². The second kappa shape index (κ2) is 7.05. The second-order valence-corrected chi connectivity index (χ2v) is 5.37. The fourth-order valence-corrected chi connectivity index (χ4v) is 1.95. The Morgan fingerprint density at radius 2 is 1.75 bits per heavy atom. The lowest BCUT2D eigenvalue weighted by Crippen LogP contribution is -2.43. The monoisotopic (exact) mass is 277 g/mol. The summed E-state index contributed by atoms with van der Waals surface area (Å²) in [5, 5.41) is 0. The molecular weight excluding hydrogens is 254 g/mol.